The summed E-state index contributed by atoms with van der Waals surface area (Å²) in [5, 5.41) is 3.60. The fourth-order valence-corrected chi connectivity index (χ4v) is 3.22. The van der Waals surface area contributed by atoms with Crippen molar-refractivity contribution in [2.24, 2.45) is 0 Å². The molecule has 1 aliphatic heterocycles. The molecule has 1 aromatic rings. The molecule has 1 aromatic carbocycles. The zero-order valence-electron chi connectivity index (χ0n) is 10.8. The molecule has 2 fully saturated rings. The number of benzene rings is 1. The van der Waals surface area contributed by atoms with Crippen LogP contribution in [-0.4, -0.2) is 12.6 Å². The zero-order chi connectivity index (χ0) is 12.6. The summed E-state index contributed by atoms with van der Waals surface area (Å²) in [6.07, 6.45) is 6.62. The second-order valence-corrected chi connectivity index (χ2v) is 6.53. The third kappa shape index (κ3) is 2.30. The summed E-state index contributed by atoms with van der Waals surface area (Å²) in [7, 11) is 0. The van der Waals surface area contributed by atoms with Crippen molar-refractivity contribution >= 4 is 15.9 Å². The first-order valence-corrected chi connectivity index (χ1v) is 7.68. The monoisotopic (exact) mass is 309 g/mol. The van der Waals surface area contributed by atoms with E-state index in [2.05, 4.69) is 46.4 Å². The second-order valence-electron chi connectivity index (χ2n) is 5.68. The zero-order valence-corrected chi connectivity index (χ0v) is 12.4. The molecule has 98 valence electrons. The van der Waals surface area contributed by atoms with E-state index >= 15 is 0 Å². The molecule has 18 heavy (non-hydrogen) atoms. The number of ether oxygens (including phenoxy) is 1. The van der Waals surface area contributed by atoms with Gasteiger partial charge in [-0.25, -0.2) is 0 Å². The maximum atomic E-state index is 5.96. The van der Waals surface area contributed by atoms with Gasteiger partial charge in [0.15, 0.2) is 0 Å². The number of hydrogen-bond donors (Lipinski definition) is 1. The average Bonchev–Trinajstić information content (AvgIpc) is 2.73. The van der Waals surface area contributed by atoms with Crippen molar-refractivity contribution in [3.63, 3.8) is 0 Å². The second kappa shape index (κ2) is 4.86. The van der Waals surface area contributed by atoms with Crippen molar-refractivity contribution in [2.45, 2.75) is 50.7 Å². The first-order chi connectivity index (χ1) is 8.67. The fourth-order valence-electron chi connectivity index (χ4n) is 2.75. The van der Waals surface area contributed by atoms with Gasteiger partial charge in [0.1, 0.15) is 5.75 Å². The molecule has 0 aromatic heterocycles. The fraction of sp³-hybridized carbons (Fsp3) is 0.600. The third-order valence-corrected chi connectivity index (χ3v) is 4.90. The van der Waals surface area contributed by atoms with Crippen molar-refractivity contribution in [3.05, 3.63) is 28.2 Å². The third-order valence-electron chi connectivity index (χ3n) is 4.28. The number of nitrogens with one attached hydrogen (secondary N) is 1. The maximum Gasteiger partial charge on any atom is 0.133 e. The Kier molecular flexibility index (Phi) is 3.37. The van der Waals surface area contributed by atoms with Gasteiger partial charge in [-0.1, -0.05) is 6.07 Å². The van der Waals surface area contributed by atoms with E-state index in [9.17, 15) is 0 Å². The molecule has 3 rings (SSSR count). The van der Waals surface area contributed by atoms with Gasteiger partial charge in [-0.2, -0.15) is 0 Å². The van der Waals surface area contributed by atoms with E-state index < -0.39 is 0 Å². The quantitative estimate of drug-likeness (QED) is 0.912. The highest BCUT2D eigenvalue weighted by molar-refractivity contribution is 9.10. The van der Waals surface area contributed by atoms with Gasteiger partial charge < -0.3 is 10.1 Å². The summed E-state index contributed by atoms with van der Waals surface area (Å²) in [6.45, 7) is 3.41. The minimum atomic E-state index is 0.136. The van der Waals surface area contributed by atoms with E-state index in [0.717, 1.165) is 16.8 Å². The summed E-state index contributed by atoms with van der Waals surface area (Å²) >= 11 is 3.65. The van der Waals surface area contributed by atoms with Gasteiger partial charge >= 0.3 is 0 Å². The number of hydrogen-bond acceptors (Lipinski definition) is 2. The van der Waals surface area contributed by atoms with E-state index in [1.54, 1.807) is 0 Å². The maximum absolute atomic E-state index is 5.96. The Balaban J connectivity index is 1.79. The Labute approximate surface area is 117 Å². The molecule has 0 spiro atoms. The highest BCUT2D eigenvalue weighted by Crippen LogP contribution is 2.36. The standard InChI is InChI=1S/C15H20BrNO/c1-15(8-3-9-17-15)11-6-7-14(13(16)10-11)18-12-4-2-5-12/h6-7,10,12,17H,2-5,8-9H2,1H3. The van der Waals surface area contributed by atoms with Gasteiger partial charge in [0, 0.05) is 5.54 Å². The summed E-state index contributed by atoms with van der Waals surface area (Å²) < 4.78 is 7.05. The summed E-state index contributed by atoms with van der Waals surface area (Å²) in [5.41, 5.74) is 1.49. The molecule has 1 saturated carbocycles. The van der Waals surface area contributed by atoms with E-state index in [1.807, 2.05) is 0 Å². The molecule has 1 aliphatic carbocycles. The lowest BCUT2D eigenvalue weighted by Crippen LogP contribution is -2.33. The largest absolute Gasteiger partial charge is 0.489 e. The Bertz CT molecular complexity index is 436. The van der Waals surface area contributed by atoms with Crippen molar-refractivity contribution in [2.75, 3.05) is 6.54 Å². The van der Waals surface area contributed by atoms with Gasteiger partial charge in [0.2, 0.25) is 0 Å². The summed E-state index contributed by atoms with van der Waals surface area (Å²) in [4.78, 5) is 0. The minimum Gasteiger partial charge on any atom is -0.489 e. The Morgan fingerprint density at radius 2 is 2.17 bits per heavy atom. The van der Waals surface area contributed by atoms with Crippen LogP contribution < -0.4 is 10.1 Å². The van der Waals surface area contributed by atoms with Crippen molar-refractivity contribution < 1.29 is 4.74 Å². The molecule has 0 bridgehead atoms. The first kappa shape index (κ1) is 12.5. The Morgan fingerprint density at radius 1 is 1.33 bits per heavy atom. The molecule has 2 nitrogen and oxygen atoms in total. The van der Waals surface area contributed by atoms with E-state index in [0.29, 0.717) is 6.10 Å². The van der Waals surface area contributed by atoms with Crippen LogP contribution in [0.5, 0.6) is 5.75 Å². The van der Waals surface area contributed by atoms with Crippen LogP contribution in [0, 0.1) is 0 Å². The Morgan fingerprint density at radius 3 is 2.72 bits per heavy atom. The summed E-state index contributed by atoms with van der Waals surface area (Å²) in [6, 6.07) is 6.53. The number of rotatable bonds is 3. The highest BCUT2D eigenvalue weighted by Gasteiger charge is 2.30. The minimum absolute atomic E-state index is 0.136. The molecule has 2 aliphatic rings. The van der Waals surface area contributed by atoms with Gasteiger partial charge in [-0.3, -0.25) is 0 Å². The van der Waals surface area contributed by atoms with E-state index in [4.69, 9.17) is 4.74 Å². The van der Waals surface area contributed by atoms with Crippen LogP contribution in [0.15, 0.2) is 22.7 Å². The van der Waals surface area contributed by atoms with Crippen LogP contribution >= 0.6 is 15.9 Å². The first-order valence-electron chi connectivity index (χ1n) is 6.89. The number of halogens is 1. The summed E-state index contributed by atoms with van der Waals surface area (Å²) in [5.74, 6) is 0.991. The van der Waals surface area contributed by atoms with Crippen molar-refractivity contribution in [3.8, 4) is 5.75 Å². The van der Waals surface area contributed by atoms with E-state index in [1.165, 1.54) is 37.7 Å². The smallest absolute Gasteiger partial charge is 0.133 e. The molecule has 1 heterocycles. The lowest BCUT2D eigenvalue weighted by Gasteiger charge is -2.28. The predicted molar refractivity (Wildman–Crippen MR) is 77.0 cm³/mol. The molecule has 1 N–H and O–H groups in total. The predicted octanol–water partition coefficient (Wildman–Crippen LogP) is 3.98. The lowest BCUT2D eigenvalue weighted by atomic mass is 9.90. The van der Waals surface area contributed by atoms with E-state index in [-0.39, 0.29) is 5.54 Å². The van der Waals surface area contributed by atoms with Gasteiger partial charge in [-0.15, -0.1) is 0 Å². The van der Waals surface area contributed by atoms with Gasteiger partial charge in [-0.05, 0) is 79.2 Å². The molecule has 1 unspecified atom stereocenters. The van der Waals surface area contributed by atoms with Crippen LogP contribution in [0.2, 0.25) is 0 Å². The molecule has 1 atom stereocenters. The molecule has 0 radical (unpaired) electrons. The molecule has 1 saturated heterocycles. The van der Waals surface area contributed by atoms with Crippen LogP contribution in [0.4, 0.5) is 0 Å². The highest BCUT2D eigenvalue weighted by atomic mass is 79.9. The van der Waals surface area contributed by atoms with Crippen LogP contribution in [0.3, 0.4) is 0 Å². The van der Waals surface area contributed by atoms with Crippen LogP contribution in [-0.2, 0) is 5.54 Å². The molecule has 3 heteroatoms. The molecule has 0 amide bonds. The molecular weight excluding hydrogens is 290 g/mol. The van der Waals surface area contributed by atoms with Gasteiger partial charge in [0.25, 0.3) is 0 Å². The van der Waals surface area contributed by atoms with Crippen LogP contribution in [0.1, 0.15) is 44.6 Å². The van der Waals surface area contributed by atoms with Gasteiger partial charge in [0.05, 0.1) is 10.6 Å². The van der Waals surface area contributed by atoms with Crippen molar-refractivity contribution in [1.82, 2.24) is 5.32 Å². The SMILES string of the molecule is CC1(c2ccc(OC3CCC3)c(Br)c2)CCCN1. The Hall–Kier alpha value is -0.540. The molecular formula is C15H20BrNO. The lowest BCUT2D eigenvalue weighted by molar-refractivity contribution is 0.119. The average molecular weight is 310 g/mol. The van der Waals surface area contributed by atoms with Crippen LogP contribution in [0.25, 0.3) is 0 Å². The normalized spacial score (nSPS) is 28.1. The van der Waals surface area contributed by atoms with Crippen molar-refractivity contribution in [1.29, 1.82) is 0 Å². The topological polar surface area (TPSA) is 21.3 Å².